The van der Waals surface area contributed by atoms with Crippen molar-refractivity contribution in [1.82, 2.24) is 0 Å². The van der Waals surface area contributed by atoms with Gasteiger partial charge in [-0.15, -0.1) is 0 Å². The van der Waals surface area contributed by atoms with Crippen LogP contribution in [0.5, 0.6) is 0 Å². The summed E-state index contributed by atoms with van der Waals surface area (Å²) in [6, 6.07) is 7.97. The highest BCUT2D eigenvalue weighted by Gasteiger charge is 2.20. The number of nitrogens with zero attached hydrogens (tertiary/aromatic N) is 2. The van der Waals surface area contributed by atoms with Crippen LogP contribution in [0.15, 0.2) is 24.3 Å². The minimum Gasteiger partial charge on any atom is -0.395 e. The van der Waals surface area contributed by atoms with Gasteiger partial charge in [-0.05, 0) is 12.1 Å². The normalized spacial score (nSPS) is 15.1. The van der Waals surface area contributed by atoms with Gasteiger partial charge in [0.15, 0.2) is 0 Å². The fourth-order valence-corrected chi connectivity index (χ4v) is 2.17. The van der Waals surface area contributed by atoms with Crippen molar-refractivity contribution in [3.8, 4) is 0 Å². The Balaban J connectivity index is 2.25. The van der Waals surface area contributed by atoms with Gasteiger partial charge in [-0.2, -0.15) is 0 Å². The molecule has 0 amide bonds. The van der Waals surface area contributed by atoms with Crippen LogP contribution in [0.25, 0.3) is 0 Å². The molecule has 0 aliphatic carbocycles. The summed E-state index contributed by atoms with van der Waals surface area (Å²) >= 11 is 0. The van der Waals surface area contributed by atoms with Gasteiger partial charge in [0.25, 0.3) is 0 Å². The second kappa shape index (κ2) is 5.16. The topological polar surface area (TPSA) is 26.7 Å². The van der Waals surface area contributed by atoms with E-state index in [1.165, 1.54) is 0 Å². The van der Waals surface area contributed by atoms with Crippen molar-refractivity contribution in [1.29, 1.82) is 0 Å². The van der Waals surface area contributed by atoms with Gasteiger partial charge in [0.05, 0.1) is 18.0 Å². The number of alkyl halides is 1. The van der Waals surface area contributed by atoms with Crippen LogP contribution >= 0.6 is 0 Å². The largest absolute Gasteiger partial charge is 0.395 e. The molecule has 1 aliphatic heterocycles. The Morgan fingerprint density at radius 1 is 1.06 bits per heavy atom. The number of anilines is 2. The Hall–Kier alpha value is -1.29. The van der Waals surface area contributed by atoms with Crippen molar-refractivity contribution in [3.63, 3.8) is 0 Å². The molecule has 0 atom stereocenters. The summed E-state index contributed by atoms with van der Waals surface area (Å²) in [5.41, 5.74) is 2.16. The van der Waals surface area contributed by atoms with E-state index in [0.29, 0.717) is 13.1 Å². The molecule has 0 fully saturated rings. The average molecular weight is 224 g/mol. The third-order valence-corrected chi connectivity index (χ3v) is 2.93. The van der Waals surface area contributed by atoms with Crippen LogP contribution in [0, 0.1) is 0 Å². The number of hydrogen-bond acceptors (Lipinski definition) is 3. The van der Waals surface area contributed by atoms with Crippen molar-refractivity contribution < 1.29 is 9.50 Å². The van der Waals surface area contributed by atoms with Gasteiger partial charge in [-0.3, -0.25) is 0 Å². The van der Waals surface area contributed by atoms with Crippen LogP contribution in [0.1, 0.15) is 0 Å². The van der Waals surface area contributed by atoms with Gasteiger partial charge in [-0.1, -0.05) is 12.1 Å². The molecule has 0 spiro atoms. The number of aliphatic hydroxyl groups excluding tert-OH is 1. The summed E-state index contributed by atoms with van der Waals surface area (Å²) in [5, 5.41) is 9.00. The maximum Gasteiger partial charge on any atom is 0.107 e. The average Bonchev–Trinajstić information content (AvgIpc) is 2.33. The lowest BCUT2D eigenvalue weighted by Gasteiger charge is -2.38. The van der Waals surface area contributed by atoms with Crippen LogP contribution in [0.3, 0.4) is 0 Å². The summed E-state index contributed by atoms with van der Waals surface area (Å²) < 4.78 is 12.4. The summed E-state index contributed by atoms with van der Waals surface area (Å²) in [6.07, 6.45) is 0. The molecule has 1 heterocycles. The Bertz CT molecular complexity index is 313. The molecule has 0 radical (unpaired) electrons. The van der Waals surface area contributed by atoms with Crippen LogP contribution in [-0.4, -0.2) is 44.6 Å². The van der Waals surface area contributed by atoms with E-state index in [0.717, 1.165) is 24.5 Å². The summed E-state index contributed by atoms with van der Waals surface area (Å²) in [6.45, 7) is 2.58. The number of β-amino-alcohol motifs (C(OH)–C–C–N with tert-alkyl or cyclic N) is 1. The number of hydrogen-bond donors (Lipinski definition) is 1. The molecule has 0 bridgehead atoms. The minimum atomic E-state index is -0.325. The van der Waals surface area contributed by atoms with Crippen LogP contribution < -0.4 is 9.80 Å². The van der Waals surface area contributed by atoms with E-state index in [9.17, 15) is 4.39 Å². The maximum atomic E-state index is 12.4. The van der Waals surface area contributed by atoms with E-state index in [1.54, 1.807) is 0 Å². The lowest BCUT2D eigenvalue weighted by molar-refractivity contribution is 0.301. The molecule has 4 heteroatoms. The molecular formula is C12H17FN2O. The van der Waals surface area contributed by atoms with Gasteiger partial charge < -0.3 is 14.9 Å². The van der Waals surface area contributed by atoms with Crippen molar-refractivity contribution in [2.45, 2.75) is 0 Å². The SMILES string of the molecule is OCCN1CCN(CCF)c2ccccc21. The van der Waals surface area contributed by atoms with Gasteiger partial charge >= 0.3 is 0 Å². The molecule has 16 heavy (non-hydrogen) atoms. The van der Waals surface area contributed by atoms with E-state index in [2.05, 4.69) is 9.80 Å². The van der Waals surface area contributed by atoms with Gasteiger partial charge in [0.1, 0.15) is 6.67 Å². The quantitative estimate of drug-likeness (QED) is 0.834. The van der Waals surface area contributed by atoms with Gasteiger partial charge in [0, 0.05) is 26.2 Å². The number of para-hydroxylation sites is 2. The van der Waals surface area contributed by atoms with Crippen molar-refractivity contribution in [2.75, 3.05) is 49.3 Å². The second-order valence-corrected chi connectivity index (χ2v) is 3.88. The number of halogens is 1. The maximum absolute atomic E-state index is 12.4. The molecule has 2 rings (SSSR count). The molecule has 0 saturated heterocycles. The lowest BCUT2D eigenvalue weighted by Crippen LogP contribution is -2.43. The highest BCUT2D eigenvalue weighted by atomic mass is 19.1. The van der Waals surface area contributed by atoms with Crippen molar-refractivity contribution in [2.24, 2.45) is 0 Å². The smallest absolute Gasteiger partial charge is 0.107 e. The fourth-order valence-electron chi connectivity index (χ4n) is 2.17. The first kappa shape index (κ1) is 11.2. The molecular weight excluding hydrogens is 207 g/mol. The molecule has 0 unspecified atom stereocenters. The fraction of sp³-hybridized carbons (Fsp3) is 0.500. The van der Waals surface area contributed by atoms with E-state index in [1.807, 2.05) is 24.3 Å². The number of benzene rings is 1. The molecule has 0 aromatic heterocycles. The predicted octanol–water partition coefficient (Wildman–Crippen LogP) is 1.27. The third-order valence-electron chi connectivity index (χ3n) is 2.93. The molecule has 0 saturated carbocycles. The summed E-state index contributed by atoms with van der Waals surface area (Å²) in [7, 11) is 0. The van der Waals surface area contributed by atoms with Crippen LogP contribution in [-0.2, 0) is 0 Å². The van der Waals surface area contributed by atoms with Crippen LogP contribution in [0.4, 0.5) is 15.8 Å². The molecule has 1 aliphatic rings. The first-order chi connectivity index (χ1) is 7.86. The zero-order valence-electron chi connectivity index (χ0n) is 9.27. The molecule has 1 aromatic carbocycles. The van der Waals surface area contributed by atoms with E-state index >= 15 is 0 Å². The first-order valence-electron chi connectivity index (χ1n) is 5.62. The predicted molar refractivity (Wildman–Crippen MR) is 63.9 cm³/mol. The Morgan fingerprint density at radius 3 is 2.12 bits per heavy atom. The monoisotopic (exact) mass is 224 g/mol. The minimum absolute atomic E-state index is 0.150. The number of fused-ring (bicyclic) bond motifs is 1. The Labute approximate surface area is 95.1 Å². The van der Waals surface area contributed by atoms with E-state index in [-0.39, 0.29) is 13.3 Å². The molecule has 1 N–H and O–H groups in total. The standard InChI is InChI=1S/C12H17FN2O/c13-5-6-14-7-8-15(9-10-16)12-4-2-1-3-11(12)14/h1-4,16H,5-10H2. The molecule has 88 valence electrons. The van der Waals surface area contributed by atoms with Crippen molar-refractivity contribution >= 4 is 11.4 Å². The third kappa shape index (κ3) is 2.11. The lowest BCUT2D eigenvalue weighted by atomic mass is 10.1. The van der Waals surface area contributed by atoms with Gasteiger partial charge in [-0.25, -0.2) is 4.39 Å². The number of rotatable bonds is 4. The Morgan fingerprint density at radius 2 is 1.62 bits per heavy atom. The first-order valence-corrected chi connectivity index (χ1v) is 5.62. The van der Waals surface area contributed by atoms with Crippen molar-refractivity contribution in [3.05, 3.63) is 24.3 Å². The van der Waals surface area contributed by atoms with E-state index < -0.39 is 0 Å². The Kier molecular flexibility index (Phi) is 3.62. The molecule has 3 nitrogen and oxygen atoms in total. The zero-order chi connectivity index (χ0) is 11.4. The number of aliphatic hydroxyl groups is 1. The summed E-state index contributed by atoms with van der Waals surface area (Å²) in [4.78, 5) is 4.20. The summed E-state index contributed by atoms with van der Waals surface area (Å²) in [5.74, 6) is 0. The zero-order valence-corrected chi connectivity index (χ0v) is 9.27. The van der Waals surface area contributed by atoms with Gasteiger partial charge in [0.2, 0.25) is 0 Å². The second-order valence-electron chi connectivity index (χ2n) is 3.88. The van der Waals surface area contributed by atoms with E-state index in [4.69, 9.17) is 5.11 Å². The molecule has 1 aromatic rings. The van der Waals surface area contributed by atoms with Crippen LogP contribution in [0.2, 0.25) is 0 Å². The highest BCUT2D eigenvalue weighted by molar-refractivity contribution is 5.73. The highest BCUT2D eigenvalue weighted by Crippen LogP contribution is 2.32.